The smallest absolute Gasteiger partial charge is 0.273 e. The molecule has 1 unspecified atom stereocenters. The molecular weight excluding hydrogens is 384 g/mol. The number of carbonyl (C=O) groups excluding carboxylic acids is 2. The van der Waals surface area contributed by atoms with Gasteiger partial charge in [0.1, 0.15) is 11.7 Å². The van der Waals surface area contributed by atoms with E-state index in [4.69, 9.17) is 10.9 Å². The third-order valence-corrected chi connectivity index (χ3v) is 4.80. The number of hydrogen-bond donors (Lipinski definition) is 3. The van der Waals surface area contributed by atoms with E-state index < -0.39 is 23.4 Å². The van der Waals surface area contributed by atoms with Crippen molar-refractivity contribution < 1.29 is 14.8 Å². The quantitative estimate of drug-likeness (QED) is 0.409. The Hall–Kier alpha value is -3.78. The molecule has 0 saturated carbocycles. The lowest BCUT2D eigenvalue weighted by molar-refractivity contribution is -0.132. The zero-order valence-electron chi connectivity index (χ0n) is 16.4. The first-order valence-electron chi connectivity index (χ1n) is 9.41. The van der Waals surface area contributed by atoms with Gasteiger partial charge in [-0.15, -0.1) is 0 Å². The molecule has 0 aliphatic heterocycles. The number of rotatable bonds is 7. The second-order valence-corrected chi connectivity index (χ2v) is 6.85. The highest BCUT2D eigenvalue weighted by atomic mass is 16.5. The minimum Gasteiger partial charge on any atom is -0.370 e. The molecule has 2 amide bonds. The number of nitrogens with one attached hydrogen (secondary N) is 1. The Morgan fingerprint density at radius 1 is 1.07 bits per heavy atom. The van der Waals surface area contributed by atoms with Gasteiger partial charge in [-0.1, -0.05) is 54.6 Å². The van der Waals surface area contributed by atoms with Crippen LogP contribution < -0.4 is 16.8 Å². The zero-order valence-corrected chi connectivity index (χ0v) is 16.4. The predicted molar refractivity (Wildman–Crippen MR) is 112 cm³/mol. The van der Waals surface area contributed by atoms with E-state index in [2.05, 4.69) is 4.98 Å². The summed E-state index contributed by atoms with van der Waals surface area (Å²) in [7, 11) is 0. The van der Waals surface area contributed by atoms with Crippen molar-refractivity contribution in [2.24, 2.45) is 5.73 Å². The number of aryl methyl sites for hydroxylation is 1. The number of aromatic nitrogens is 2. The molecule has 2 aromatic carbocycles. The monoisotopic (exact) mass is 406 g/mol. The van der Waals surface area contributed by atoms with Crippen molar-refractivity contribution in [3.8, 4) is 22.4 Å². The SMILES string of the molecule is CC(C(=O)NO)n1cc(-c2ccc(-c3ccccc3)cc2)nc(CCC(N)=O)c1=O. The first-order chi connectivity index (χ1) is 14.4. The summed E-state index contributed by atoms with van der Waals surface area (Å²) in [6.45, 7) is 1.48. The molecule has 1 atom stereocenters. The number of carbonyl (C=O) groups is 2. The van der Waals surface area contributed by atoms with Gasteiger partial charge in [0, 0.05) is 24.6 Å². The minimum absolute atomic E-state index is 0.0424. The van der Waals surface area contributed by atoms with Gasteiger partial charge in [0.25, 0.3) is 11.5 Å². The van der Waals surface area contributed by atoms with Crippen molar-refractivity contribution in [2.75, 3.05) is 0 Å². The van der Waals surface area contributed by atoms with E-state index in [1.165, 1.54) is 17.7 Å². The molecule has 30 heavy (non-hydrogen) atoms. The Labute approximate surface area is 173 Å². The Balaban J connectivity index is 2.04. The zero-order chi connectivity index (χ0) is 21.7. The predicted octanol–water partition coefficient (Wildman–Crippen LogP) is 2.06. The molecule has 3 aromatic rings. The summed E-state index contributed by atoms with van der Waals surface area (Å²) in [5.41, 5.74) is 9.65. The second kappa shape index (κ2) is 9.15. The van der Waals surface area contributed by atoms with Gasteiger partial charge < -0.3 is 5.73 Å². The van der Waals surface area contributed by atoms with E-state index in [0.717, 1.165) is 16.7 Å². The van der Waals surface area contributed by atoms with E-state index in [1.807, 2.05) is 54.6 Å². The molecule has 0 radical (unpaired) electrons. The fourth-order valence-corrected chi connectivity index (χ4v) is 3.08. The van der Waals surface area contributed by atoms with Crippen molar-refractivity contribution in [3.05, 3.63) is 76.8 Å². The van der Waals surface area contributed by atoms with Gasteiger partial charge in [-0.2, -0.15) is 0 Å². The molecule has 154 valence electrons. The van der Waals surface area contributed by atoms with E-state index in [9.17, 15) is 14.4 Å². The average Bonchev–Trinajstić information content (AvgIpc) is 2.78. The molecule has 1 aromatic heterocycles. The molecular formula is C22H22N4O4. The Morgan fingerprint density at radius 2 is 1.67 bits per heavy atom. The van der Waals surface area contributed by atoms with Crippen LogP contribution in [-0.4, -0.2) is 26.6 Å². The standard InChI is InChI=1S/C22H22N4O4/c1-14(21(28)25-30)26-13-19(24-18(22(26)29)11-12-20(23)27)17-9-7-16(8-10-17)15-5-3-2-4-6-15/h2-10,13-14,30H,11-12H2,1H3,(H2,23,27)(H,25,28). The Bertz CT molecular complexity index is 1110. The highest BCUT2D eigenvalue weighted by Crippen LogP contribution is 2.24. The van der Waals surface area contributed by atoms with Gasteiger partial charge in [-0.3, -0.25) is 24.2 Å². The average molecular weight is 406 g/mol. The number of hydrogen-bond acceptors (Lipinski definition) is 5. The van der Waals surface area contributed by atoms with Gasteiger partial charge >= 0.3 is 0 Å². The van der Waals surface area contributed by atoms with E-state index in [0.29, 0.717) is 5.69 Å². The number of nitrogens with zero attached hydrogens (tertiary/aromatic N) is 2. The maximum absolute atomic E-state index is 12.8. The Morgan fingerprint density at radius 3 is 2.27 bits per heavy atom. The molecule has 0 aliphatic rings. The number of benzene rings is 2. The largest absolute Gasteiger partial charge is 0.370 e. The van der Waals surface area contributed by atoms with E-state index >= 15 is 0 Å². The van der Waals surface area contributed by atoms with Gasteiger partial charge in [0.05, 0.1) is 5.69 Å². The van der Waals surface area contributed by atoms with Crippen LogP contribution in [0.25, 0.3) is 22.4 Å². The summed E-state index contributed by atoms with van der Waals surface area (Å²) in [6, 6.07) is 16.5. The van der Waals surface area contributed by atoms with E-state index in [1.54, 1.807) is 5.48 Å². The third-order valence-electron chi connectivity index (χ3n) is 4.80. The van der Waals surface area contributed by atoms with Crippen LogP contribution in [-0.2, 0) is 16.0 Å². The van der Waals surface area contributed by atoms with Gasteiger partial charge in [-0.25, -0.2) is 10.5 Å². The van der Waals surface area contributed by atoms with Crippen LogP contribution in [0.15, 0.2) is 65.6 Å². The van der Waals surface area contributed by atoms with Crippen LogP contribution in [0.1, 0.15) is 25.1 Å². The summed E-state index contributed by atoms with van der Waals surface area (Å²) in [5, 5.41) is 8.94. The summed E-state index contributed by atoms with van der Waals surface area (Å²) in [6.07, 6.45) is 1.48. The van der Waals surface area contributed by atoms with Gasteiger partial charge in [-0.05, 0) is 18.1 Å². The molecule has 8 nitrogen and oxygen atoms in total. The first-order valence-corrected chi connectivity index (χ1v) is 9.41. The molecule has 3 rings (SSSR count). The number of hydroxylamine groups is 1. The molecule has 1 heterocycles. The van der Waals surface area contributed by atoms with Crippen molar-refractivity contribution in [3.63, 3.8) is 0 Å². The highest BCUT2D eigenvalue weighted by Gasteiger charge is 2.19. The van der Waals surface area contributed by atoms with Gasteiger partial charge in [0.2, 0.25) is 5.91 Å². The van der Waals surface area contributed by atoms with Crippen LogP contribution in [0.5, 0.6) is 0 Å². The third kappa shape index (κ3) is 4.61. The highest BCUT2D eigenvalue weighted by molar-refractivity contribution is 5.79. The van der Waals surface area contributed by atoms with Crippen LogP contribution in [0.4, 0.5) is 0 Å². The molecule has 4 N–H and O–H groups in total. The van der Waals surface area contributed by atoms with Crippen LogP contribution in [0, 0.1) is 0 Å². The van der Waals surface area contributed by atoms with E-state index in [-0.39, 0.29) is 18.5 Å². The fraction of sp³-hybridized carbons (Fsp3) is 0.182. The second-order valence-electron chi connectivity index (χ2n) is 6.85. The minimum atomic E-state index is -0.972. The lowest BCUT2D eigenvalue weighted by atomic mass is 10.0. The summed E-state index contributed by atoms with van der Waals surface area (Å²) >= 11 is 0. The summed E-state index contributed by atoms with van der Waals surface area (Å²) in [5.74, 6) is -1.30. The maximum atomic E-state index is 12.8. The Kier molecular flexibility index (Phi) is 6.38. The summed E-state index contributed by atoms with van der Waals surface area (Å²) in [4.78, 5) is 40.2. The lowest BCUT2D eigenvalue weighted by Crippen LogP contribution is -2.36. The normalized spacial score (nSPS) is 11.7. The van der Waals surface area contributed by atoms with Crippen LogP contribution in [0.2, 0.25) is 0 Å². The summed E-state index contributed by atoms with van der Waals surface area (Å²) < 4.78 is 1.19. The van der Waals surface area contributed by atoms with Crippen molar-refractivity contribution in [1.82, 2.24) is 15.0 Å². The molecule has 0 aliphatic carbocycles. The number of amides is 2. The van der Waals surface area contributed by atoms with Crippen LogP contribution >= 0.6 is 0 Å². The van der Waals surface area contributed by atoms with Crippen molar-refractivity contribution in [2.45, 2.75) is 25.8 Å². The van der Waals surface area contributed by atoms with Gasteiger partial charge in [0.15, 0.2) is 0 Å². The molecule has 0 saturated heterocycles. The molecule has 0 bridgehead atoms. The maximum Gasteiger partial charge on any atom is 0.273 e. The molecule has 0 spiro atoms. The number of nitrogens with two attached hydrogens (primary N) is 1. The molecule has 0 fully saturated rings. The van der Waals surface area contributed by atoms with Crippen molar-refractivity contribution in [1.29, 1.82) is 0 Å². The lowest BCUT2D eigenvalue weighted by Gasteiger charge is -2.16. The number of primary amides is 1. The van der Waals surface area contributed by atoms with Crippen molar-refractivity contribution >= 4 is 11.8 Å². The molecule has 8 heteroatoms. The van der Waals surface area contributed by atoms with Crippen LogP contribution in [0.3, 0.4) is 0 Å². The fourth-order valence-electron chi connectivity index (χ4n) is 3.08. The first kappa shape index (κ1) is 20.9. The topological polar surface area (TPSA) is 127 Å².